The number of hydrogen-bond acceptors (Lipinski definition) is 3. The van der Waals surface area contributed by atoms with Gasteiger partial charge >= 0.3 is 5.97 Å². The summed E-state index contributed by atoms with van der Waals surface area (Å²) in [5.41, 5.74) is 0.401. The first kappa shape index (κ1) is 15.1. The number of carboxylic acid groups (broad SMARTS) is 1. The molecule has 4 nitrogen and oxygen atoms in total. The highest BCUT2D eigenvalue weighted by Gasteiger charge is 2.17. The predicted molar refractivity (Wildman–Crippen MR) is 83.8 cm³/mol. The Hall–Kier alpha value is -2.27. The van der Waals surface area contributed by atoms with E-state index in [4.69, 9.17) is 5.11 Å². The zero-order chi connectivity index (χ0) is 15.2. The molecule has 0 unspecified atom stereocenters. The Kier molecular flexibility index (Phi) is 5.00. The minimum Gasteiger partial charge on any atom is -0.478 e. The van der Waals surface area contributed by atoms with E-state index in [9.17, 15) is 9.59 Å². The second kappa shape index (κ2) is 6.95. The summed E-state index contributed by atoms with van der Waals surface area (Å²) in [6.45, 7) is 1.79. The molecule has 0 saturated heterocycles. The average molecular weight is 301 g/mol. The lowest BCUT2D eigenvalue weighted by molar-refractivity contribution is -0.115. The van der Waals surface area contributed by atoms with Crippen LogP contribution < -0.4 is 5.32 Å². The Morgan fingerprint density at radius 1 is 1.05 bits per heavy atom. The zero-order valence-corrected chi connectivity index (χ0v) is 12.3. The number of aromatic carboxylic acids is 1. The van der Waals surface area contributed by atoms with Gasteiger partial charge in [-0.1, -0.05) is 30.3 Å². The van der Waals surface area contributed by atoms with Crippen LogP contribution in [-0.2, 0) is 4.79 Å². The molecule has 0 aliphatic rings. The fraction of sp³-hybridized carbons (Fsp3) is 0.125. The van der Waals surface area contributed by atoms with E-state index in [2.05, 4.69) is 5.32 Å². The maximum absolute atomic E-state index is 12.2. The topological polar surface area (TPSA) is 66.4 Å². The van der Waals surface area contributed by atoms with Crippen molar-refractivity contribution in [2.45, 2.75) is 17.1 Å². The van der Waals surface area contributed by atoms with Crippen LogP contribution in [0.2, 0.25) is 0 Å². The number of hydrogen-bond donors (Lipinski definition) is 2. The summed E-state index contributed by atoms with van der Waals surface area (Å²) in [6, 6.07) is 16.0. The number of rotatable bonds is 5. The SMILES string of the molecule is C[C@@H](Sc1ccccc1)C(=O)Nc1ccccc1C(=O)O. The molecule has 2 rings (SSSR count). The molecule has 0 spiro atoms. The lowest BCUT2D eigenvalue weighted by atomic mass is 10.2. The highest BCUT2D eigenvalue weighted by Crippen LogP contribution is 2.24. The summed E-state index contributed by atoms with van der Waals surface area (Å²) < 4.78 is 0. The molecule has 0 fully saturated rings. The fourth-order valence-electron chi connectivity index (χ4n) is 1.77. The minimum absolute atomic E-state index is 0.0859. The number of benzene rings is 2. The van der Waals surface area contributed by atoms with Crippen molar-refractivity contribution >= 4 is 29.3 Å². The first-order chi connectivity index (χ1) is 10.1. The standard InChI is InChI=1S/C16H15NO3S/c1-11(21-12-7-3-2-4-8-12)15(18)17-14-10-6-5-9-13(14)16(19)20/h2-11H,1H3,(H,17,18)(H,19,20)/t11-/m1/s1. The van der Waals surface area contributed by atoms with Gasteiger partial charge < -0.3 is 10.4 Å². The quantitative estimate of drug-likeness (QED) is 0.829. The van der Waals surface area contributed by atoms with E-state index in [1.165, 1.54) is 17.8 Å². The van der Waals surface area contributed by atoms with Gasteiger partial charge in [-0.3, -0.25) is 4.79 Å². The van der Waals surface area contributed by atoms with E-state index in [0.717, 1.165) is 4.90 Å². The van der Waals surface area contributed by atoms with Crippen molar-refractivity contribution in [3.8, 4) is 0 Å². The number of nitrogens with one attached hydrogen (secondary N) is 1. The Morgan fingerprint density at radius 3 is 2.33 bits per heavy atom. The van der Waals surface area contributed by atoms with Gasteiger partial charge in [0.1, 0.15) is 0 Å². The van der Waals surface area contributed by atoms with E-state index in [1.807, 2.05) is 30.3 Å². The predicted octanol–water partition coefficient (Wildman–Crippen LogP) is 3.50. The normalized spacial score (nSPS) is 11.7. The summed E-state index contributed by atoms with van der Waals surface area (Å²) >= 11 is 1.43. The summed E-state index contributed by atoms with van der Waals surface area (Å²) in [4.78, 5) is 24.3. The van der Waals surface area contributed by atoms with E-state index in [1.54, 1.807) is 25.1 Å². The Balaban J connectivity index is 2.06. The monoisotopic (exact) mass is 301 g/mol. The highest BCUT2D eigenvalue weighted by atomic mass is 32.2. The summed E-state index contributed by atoms with van der Waals surface area (Å²) in [5, 5.41) is 11.4. The van der Waals surface area contributed by atoms with E-state index in [0.29, 0.717) is 5.69 Å². The van der Waals surface area contributed by atoms with Crippen LogP contribution in [0.5, 0.6) is 0 Å². The number of carbonyl (C=O) groups excluding carboxylic acids is 1. The van der Waals surface area contributed by atoms with Crippen molar-refractivity contribution < 1.29 is 14.7 Å². The molecule has 1 amide bonds. The molecule has 0 aromatic heterocycles. The largest absolute Gasteiger partial charge is 0.478 e. The number of para-hydroxylation sites is 1. The van der Waals surface area contributed by atoms with Crippen molar-refractivity contribution in [1.29, 1.82) is 0 Å². The molecule has 0 heterocycles. The van der Waals surface area contributed by atoms with E-state index >= 15 is 0 Å². The summed E-state index contributed by atoms with van der Waals surface area (Å²) in [5.74, 6) is -1.29. The van der Waals surface area contributed by atoms with E-state index < -0.39 is 5.97 Å². The molecule has 0 saturated carbocycles. The Labute approximate surface area is 127 Å². The number of carbonyl (C=O) groups is 2. The van der Waals surface area contributed by atoms with E-state index in [-0.39, 0.29) is 16.7 Å². The number of amides is 1. The van der Waals surface area contributed by atoms with Gasteiger partial charge in [-0.05, 0) is 31.2 Å². The third kappa shape index (κ3) is 4.10. The number of carboxylic acids is 1. The van der Waals surface area contributed by atoms with Gasteiger partial charge in [0.2, 0.25) is 5.91 Å². The molecule has 2 N–H and O–H groups in total. The maximum atomic E-state index is 12.2. The molecular formula is C16H15NO3S. The molecule has 0 bridgehead atoms. The lowest BCUT2D eigenvalue weighted by Crippen LogP contribution is -2.23. The first-order valence-electron chi connectivity index (χ1n) is 6.43. The smallest absolute Gasteiger partial charge is 0.337 e. The van der Waals surface area contributed by atoms with Crippen molar-refractivity contribution in [2.24, 2.45) is 0 Å². The highest BCUT2D eigenvalue weighted by molar-refractivity contribution is 8.00. The third-order valence-electron chi connectivity index (χ3n) is 2.84. The second-order valence-corrected chi connectivity index (χ2v) is 5.83. The first-order valence-corrected chi connectivity index (χ1v) is 7.31. The molecule has 5 heteroatoms. The molecule has 108 valence electrons. The van der Waals surface area contributed by atoms with Crippen LogP contribution in [0.15, 0.2) is 59.5 Å². The lowest BCUT2D eigenvalue weighted by Gasteiger charge is -2.13. The van der Waals surface area contributed by atoms with Crippen LogP contribution in [0.1, 0.15) is 17.3 Å². The van der Waals surface area contributed by atoms with Gasteiger partial charge in [0.25, 0.3) is 0 Å². The van der Waals surface area contributed by atoms with Gasteiger partial charge in [-0.25, -0.2) is 4.79 Å². The van der Waals surface area contributed by atoms with Crippen LogP contribution in [0, 0.1) is 0 Å². The molecule has 2 aromatic carbocycles. The van der Waals surface area contributed by atoms with Crippen molar-refractivity contribution in [3.05, 3.63) is 60.2 Å². The molecule has 0 aliphatic carbocycles. The van der Waals surface area contributed by atoms with Crippen molar-refractivity contribution in [3.63, 3.8) is 0 Å². The number of anilines is 1. The molecule has 2 aromatic rings. The number of thioether (sulfide) groups is 1. The van der Waals surface area contributed by atoms with Gasteiger partial charge in [-0.15, -0.1) is 11.8 Å². The van der Waals surface area contributed by atoms with Gasteiger partial charge in [0.05, 0.1) is 16.5 Å². The Bertz CT molecular complexity index is 643. The average Bonchev–Trinajstić information content (AvgIpc) is 2.48. The minimum atomic E-state index is -1.06. The second-order valence-electron chi connectivity index (χ2n) is 4.41. The molecule has 0 aliphatic heterocycles. The molecule has 0 radical (unpaired) electrons. The van der Waals surface area contributed by atoms with Crippen LogP contribution in [0.25, 0.3) is 0 Å². The third-order valence-corrected chi connectivity index (χ3v) is 3.95. The maximum Gasteiger partial charge on any atom is 0.337 e. The van der Waals surface area contributed by atoms with Crippen LogP contribution in [-0.4, -0.2) is 22.2 Å². The Morgan fingerprint density at radius 2 is 1.67 bits per heavy atom. The van der Waals surface area contributed by atoms with Gasteiger partial charge in [0, 0.05) is 4.90 Å². The van der Waals surface area contributed by atoms with Crippen LogP contribution >= 0.6 is 11.8 Å². The van der Waals surface area contributed by atoms with Crippen molar-refractivity contribution in [2.75, 3.05) is 5.32 Å². The van der Waals surface area contributed by atoms with Crippen LogP contribution in [0.3, 0.4) is 0 Å². The zero-order valence-electron chi connectivity index (χ0n) is 11.4. The fourth-order valence-corrected chi connectivity index (χ4v) is 2.66. The van der Waals surface area contributed by atoms with Crippen molar-refractivity contribution in [1.82, 2.24) is 0 Å². The molecular weight excluding hydrogens is 286 g/mol. The van der Waals surface area contributed by atoms with Gasteiger partial charge in [0.15, 0.2) is 0 Å². The molecule has 1 atom stereocenters. The van der Waals surface area contributed by atoms with Gasteiger partial charge in [-0.2, -0.15) is 0 Å². The van der Waals surface area contributed by atoms with Crippen LogP contribution in [0.4, 0.5) is 5.69 Å². The summed E-state index contributed by atoms with van der Waals surface area (Å²) in [6.07, 6.45) is 0. The summed E-state index contributed by atoms with van der Waals surface area (Å²) in [7, 11) is 0. The molecule has 21 heavy (non-hydrogen) atoms.